The molecule has 6 nitrogen and oxygen atoms in total. The zero-order valence-corrected chi connectivity index (χ0v) is 18.1. The van der Waals surface area contributed by atoms with E-state index in [-0.39, 0.29) is 25.0 Å². The third kappa shape index (κ3) is 6.46. The number of aryl methyl sites for hydroxylation is 1. The highest BCUT2D eigenvalue weighted by Gasteiger charge is 2.34. The molecular formula is C24H33N3O3. The number of aromatic nitrogens is 1. The van der Waals surface area contributed by atoms with Crippen LogP contribution in [-0.2, 0) is 34.5 Å². The first-order valence-electron chi connectivity index (χ1n) is 10.9. The summed E-state index contributed by atoms with van der Waals surface area (Å²) in [5.41, 5.74) is 2.14. The summed E-state index contributed by atoms with van der Waals surface area (Å²) in [5, 5.41) is 0. The fourth-order valence-corrected chi connectivity index (χ4v) is 3.46. The van der Waals surface area contributed by atoms with Gasteiger partial charge in [-0.15, -0.1) is 0 Å². The number of carbonyl (C=O) groups is 2. The third-order valence-corrected chi connectivity index (χ3v) is 5.49. The van der Waals surface area contributed by atoms with E-state index >= 15 is 0 Å². The molecule has 0 saturated heterocycles. The Morgan fingerprint density at radius 2 is 1.87 bits per heavy atom. The Kier molecular flexibility index (Phi) is 8.08. The monoisotopic (exact) mass is 411 g/mol. The van der Waals surface area contributed by atoms with Gasteiger partial charge in [-0.05, 0) is 37.0 Å². The van der Waals surface area contributed by atoms with Gasteiger partial charge in [0.15, 0.2) is 0 Å². The molecule has 30 heavy (non-hydrogen) atoms. The second-order valence-corrected chi connectivity index (χ2v) is 8.01. The van der Waals surface area contributed by atoms with Crippen LogP contribution in [0.1, 0.15) is 43.9 Å². The van der Waals surface area contributed by atoms with Gasteiger partial charge in [-0.2, -0.15) is 0 Å². The fraction of sp³-hybridized carbons (Fsp3) is 0.500. The second-order valence-electron chi connectivity index (χ2n) is 8.01. The van der Waals surface area contributed by atoms with Crippen molar-refractivity contribution in [2.75, 3.05) is 19.7 Å². The van der Waals surface area contributed by atoms with Crippen molar-refractivity contribution in [3.8, 4) is 0 Å². The van der Waals surface area contributed by atoms with Gasteiger partial charge in [0.1, 0.15) is 6.61 Å². The number of unbranched alkanes of at least 4 members (excludes halogenated alkanes) is 1. The number of benzene rings is 1. The normalized spacial score (nSPS) is 13.3. The molecule has 0 bridgehead atoms. The Hall–Kier alpha value is -2.60. The summed E-state index contributed by atoms with van der Waals surface area (Å²) in [5.74, 6) is -0.103. The maximum Gasteiger partial charge on any atom is 0.249 e. The largest absolute Gasteiger partial charge is 0.367 e. The lowest BCUT2D eigenvalue weighted by molar-refractivity contribution is -0.144. The van der Waals surface area contributed by atoms with Gasteiger partial charge >= 0.3 is 0 Å². The Labute approximate surface area is 179 Å². The predicted octanol–water partition coefficient (Wildman–Crippen LogP) is 3.36. The van der Waals surface area contributed by atoms with Gasteiger partial charge in [-0.25, -0.2) is 0 Å². The summed E-state index contributed by atoms with van der Waals surface area (Å²) >= 11 is 0. The van der Waals surface area contributed by atoms with Gasteiger partial charge in [-0.1, -0.05) is 43.7 Å². The predicted molar refractivity (Wildman–Crippen MR) is 117 cm³/mol. The van der Waals surface area contributed by atoms with Crippen molar-refractivity contribution in [2.45, 2.75) is 51.8 Å². The Bertz CT molecular complexity index is 814. The molecule has 0 N–H and O–H groups in total. The molecule has 0 atom stereocenters. The van der Waals surface area contributed by atoms with Crippen molar-refractivity contribution in [1.82, 2.24) is 14.4 Å². The van der Waals surface area contributed by atoms with E-state index in [1.165, 1.54) is 0 Å². The first-order valence-corrected chi connectivity index (χ1v) is 10.9. The lowest BCUT2D eigenvalue weighted by Gasteiger charge is -2.28. The van der Waals surface area contributed by atoms with E-state index < -0.39 is 0 Å². The smallest absolute Gasteiger partial charge is 0.249 e. The molecule has 162 valence electrons. The van der Waals surface area contributed by atoms with Gasteiger partial charge in [0, 0.05) is 31.5 Å². The maximum atomic E-state index is 13.1. The van der Waals surface area contributed by atoms with Crippen LogP contribution in [0.15, 0.2) is 48.7 Å². The number of carbonyl (C=O) groups excluding carboxylic acids is 2. The van der Waals surface area contributed by atoms with Crippen molar-refractivity contribution in [2.24, 2.45) is 7.05 Å². The van der Waals surface area contributed by atoms with Crippen LogP contribution < -0.4 is 0 Å². The molecule has 2 aromatic rings. The minimum Gasteiger partial charge on any atom is -0.367 e. The lowest BCUT2D eigenvalue weighted by atomic mass is 10.2. The van der Waals surface area contributed by atoms with E-state index in [4.69, 9.17) is 4.74 Å². The minimum atomic E-state index is -0.123. The van der Waals surface area contributed by atoms with Crippen LogP contribution in [0.5, 0.6) is 0 Å². The summed E-state index contributed by atoms with van der Waals surface area (Å²) in [6, 6.07) is 14.1. The number of nitrogens with zero attached hydrogens (tertiary/aromatic N) is 3. The van der Waals surface area contributed by atoms with Crippen molar-refractivity contribution < 1.29 is 14.3 Å². The van der Waals surface area contributed by atoms with E-state index in [1.54, 1.807) is 4.90 Å². The fourth-order valence-electron chi connectivity index (χ4n) is 3.46. The number of amides is 2. The van der Waals surface area contributed by atoms with Crippen LogP contribution in [0.25, 0.3) is 0 Å². The van der Waals surface area contributed by atoms with E-state index in [0.717, 1.165) is 36.9 Å². The molecule has 0 radical (unpaired) electrons. The molecule has 1 saturated carbocycles. The SMILES string of the molecule is CCCCN(CC(=O)N(Cc1cccn1C)C1CC1)C(=O)COCc1ccccc1. The third-order valence-electron chi connectivity index (χ3n) is 5.49. The second kappa shape index (κ2) is 11.0. The summed E-state index contributed by atoms with van der Waals surface area (Å²) in [4.78, 5) is 29.5. The molecule has 0 unspecified atom stereocenters. The molecule has 6 heteroatoms. The quantitative estimate of drug-likeness (QED) is 0.538. The van der Waals surface area contributed by atoms with Crippen LogP contribution in [0.4, 0.5) is 0 Å². The molecule has 0 spiro atoms. The van der Waals surface area contributed by atoms with Crippen molar-refractivity contribution >= 4 is 11.8 Å². The van der Waals surface area contributed by atoms with Crippen LogP contribution in [0.3, 0.4) is 0 Å². The van der Waals surface area contributed by atoms with E-state index in [0.29, 0.717) is 25.7 Å². The van der Waals surface area contributed by atoms with Gasteiger partial charge in [0.05, 0.1) is 19.7 Å². The zero-order chi connectivity index (χ0) is 21.3. The molecule has 1 aliphatic carbocycles. The molecule has 1 aliphatic rings. The molecule has 3 rings (SSSR count). The highest BCUT2D eigenvalue weighted by Crippen LogP contribution is 2.28. The number of ether oxygens (including phenoxy) is 1. The van der Waals surface area contributed by atoms with E-state index in [2.05, 4.69) is 6.92 Å². The molecule has 0 aliphatic heterocycles. The van der Waals surface area contributed by atoms with E-state index in [1.807, 2.05) is 65.2 Å². The van der Waals surface area contributed by atoms with Gasteiger partial charge in [0.25, 0.3) is 0 Å². The van der Waals surface area contributed by atoms with Gasteiger partial charge in [-0.3, -0.25) is 9.59 Å². The summed E-state index contributed by atoms with van der Waals surface area (Å²) in [6.45, 7) is 3.76. The van der Waals surface area contributed by atoms with Crippen LogP contribution in [0.2, 0.25) is 0 Å². The Morgan fingerprint density at radius 3 is 2.50 bits per heavy atom. The van der Waals surface area contributed by atoms with Crippen molar-refractivity contribution in [3.05, 3.63) is 59.9 Å². The van der Waals surface area contributed by atoms with Crippen molar-refractivity contribution in [1.29, 1.82) is 0 Å². The molecule has 1 heterocycles. The summed E-state index contributed by atoms with van der Waals surface area (Å²) < 4.78 is 7.67. The van der Waals surface area contributed by atoms with E-state index in [9.17, 15) is 9.59 Å². The maximum absolute atomic E-state index is 13.1. The van der Waals surface area contributed by atoms with Crippen molar-refractivity contribution in [3.63, 3.8) is 0 Å². The topological polar surface area (TPSA) is 54.8 Å². The molecule has 1 aromatic carbocycles. The number of hydrogen-bond acceptors (Lipinski definition) is 3. The Morgan fingerprint density at radius 1 is 1.10 bits per heavy atom. The summed E-state index contributed by atoms with van der Waals surface area (Å²) in [7, 11) is 1.99. The molecule has 1 aromatic heterocycles. The first-order chi connectivity index (χ1) is 14.6. The molecular weight excluding hydrogens is 378 g/mol. The highest BCUT2D eigenvalue weighted by molar-refractivity contribution is 5.85. The van der Waals surface area contributed by atoms with Gasteiger partial charge < -0.3 is 19.1 Å². The summed E-state index contributed by atoms with van der Waals surface area (Å²) in [6.07, 6.45) is 5.92. The standard InChI is InChI=1S/C24H33N3O3/c1-3-4-15-26(24(29)19-30-18-20-9-6-5-7-10-20)17-23(28)27(21-12-13-21)16-22-11-8-14-25(22)2/h5-11,14,21H,3-4,12-13,15-19H2,1-2H3. The molecule has 2 amide bonds. The van der Waals surface area contributed by atoms with Gasteiger partial charge in [0.2, 0.25) is 11.8 Å². The van der Waals surface area contributed by atoms with Crippen LogP contribution >= 0.6 is 0 Å². The Balaban J connectivity index is 1.57. The molecule has 1 fully saturated rings. The first kappa shape index (κ1) is 22.1. The highest BCUT2D eigenvalue weighted by atomic mass is 16.5. The average molecular weight is 412 g/mol. The van der Waals surface area contributed by atoms with Crippen LogP contribution in [0, 0.1) is 0 Å². The van der Waals surface area contributed by atoms with Crippen LogP contribution in [-0.4, -0.2) is 51.9 Å². The number of rotatable bonds is 12. The lowest BCUT2D eigenvalue weighted by Crippen LogP contribution is -2.45. The number of hydrogen-bond donors (Lipinski definition) is 0. The average Bonchev–Trinajstić information content (AvgIpc) is 3.51. The minimum absolute atomic E-state index is 0.00682. The zero-order valence-electron chi connectivity index (χ0n) is 18.1.